The van der Waals surface area contributed by atoms with E-state index in [9.17, 15) is 50.6 Å². The number of benzene rings is 4. The molecule has 1 aliphatic rings. The molecule has 4 aromatic carbocycles. The number of fused-ring (bicyclic) bond motifs is 2. The number of hydrogen-bond acceptors (Lipinski definition) is 15. The van der Waals surface area contributed by atoms with Crippen molar-refractivity contribution in [2.24, 2.45) is 14.1 Å². The van der Waals surface area contributed by atoms with Crippen LogP contribution in [0.3, 0.4) is 0 Å². The van der Waals surface area contributed by atoms with Gasteiger partial charge >= 0.3 is 24.1 Å². The number of alkyl halides is 6. The van der Waals surface area contributed by atoms with Gasteiger partial charge in [-0.2, -0.15) is 9.97 Å². The second-order valence-electron chi connectivity index (χ2n) is 19.1. The minimum Gasteiger partial charge on any atom is -0.493 e. The van der Waals surface area contributed by atoms with Gasteiger partial charge in [0.15, 0.2) is 28.6 Å². The van der Waals surface area contributed by atoms with E-state index >= 15 is 0 Å². The van der Waals surface area contributed by atoms with E-state index in [1.165, 1.54) is 59.6 Å². The maximum absolute atomic E-state index is 14.2. The van der Waals surface area contributed by atoms with Crippen molar-refractivity contribution in [1.82, 2.24) is 37.4 Å². The molecule has 0 aliphatic carbocycles. The van der Waals surface area contributed by atoms with Crippen LogP contribution in [-0.2, 0) is 49.7 Å². The third-order valence-electron chi connectivity index (χ3n) is 13.2. The fourth-order valence-electron chi connectivity index (χ4n) is 9.27. The van der Waals surface area contributed by atoms with Crippen molar-refractivity contribution >= 4 is 45.5 Å². The maximum atomic E-state index is 14.2. The van der Waals surface area contributed by atoms with Gasteiger partial charge in [0.1, 0.15) is 23.0 Å². The fourth-order valence-corrected chi connectivity index (χ4v) is 9.62. The summed E-state index contributed by atoms with van der Waals surface area (Å²) in [5.74, 6) is -1.12. The molecule has 1 unspecified atom stereocenters. The molecule has 5 heterocycles. The zero-order valence-corrected chi connectivity index (χ0v) is 46.4. The summed E-state index contributed by atoms with van der Waals surface area (Å²) in [6, 6.07) is 19.8. The molecule has 0 spiro atoms. The van der Waals surface area contributed by atoms with Crippen LogP contribution < -0.4 is 50.9 Å². The molecule has 84 heavy (non-hydrogen) atoms. The minimum absolute atomic E-state index is 0.00460. The first-order chi connectivity index (χ1) is 40.2. The molecule has 9 rings (SSSR count). The van der Waals surface area contributed by atoms with Gasteiger partial charge in [0.05, 0.1) is 65.8 Å². The average molecular weight is 1220 g/mol. The predicted molar refractivity (Wildman–Crippen MR) is 293 cm³/mol. The Balaban J connectivity index is 0.922. The van der Waals surface area contributed by atoms with Crippen molar-refractivity contribution in [1.29, 1.82) is 0 Å². The SMILES string of the molecule is Cn1c(=O)n(CCO)c(=O)c2c1nc(OCCCOc1cccc(OC(F)(F)F)c1)n2Cc1ccc(Cl)c(-c2ccc(OCCCOc3nc4c(c(=O)n(CCOC5CCCCO5)c(=O)n4C)n3Cc3ccc(Cl)cc3)cc2OC(F)(F)F)c1. The molecule has 1 saturated heterocycles. The van der Waals surface area contributed by atoms with Crippen LogP contribution in [0.2, 0.25) is 10.0 Å². The van der Waals surface area contributed by atoms with Crippen LogP contribution in [0.5, 0.6) is 35.0 Å². The Morgan fingerprint density at radius 2 is 1.17 bits per heavy atom. The summed E-state index contributed by atoms with van der Waals surface area (Å²) in [6.07, 6.45) is -7.69. The summed E-state index contributed by atoms with van der Waals surface area (Å²) in [4.78, 5) is 63.8. The van der Waals surface area contributed by atoms with E-state index in [4.69, 9.17) is 51.6 Å². The Labute approximate surface area is 482 Å². The number of nitrogens with zero attached hydrogens (tertiary/aromatic N) is 8. The van der Waals surface area contributed by atoms with Crippen molar-refractivity contribution in [2.75, 3.05) is 46.2 Å². The highest BCUT2D eigenvalue weighted by Gasteiger charge is 2.34. The molecule has 1 fully saturated rings. The average Bonchev–Trinajstić information content (AvgIpc) is 3.62. The molecule has 4 aromatic heterocycles. The minimum atomic E-state index is -5.18. The first kappa shape index (κ1) is 60.6. The highest BCUT2D eigenvalue weighted by atomic mass is 35.5. The van der Waals surface area contributed by atoms with Crippen molar-refractivity contribution in [2.45, 2.75) is 77.3 Å². The second kappa shape index (κ2) is 26.3. The maximum Gasteiger partial charge on any atom is 0.573 e. The molecule has 29 heteroatoms. The van der Waals surface area contributed by atoms with Gasteiger partial charge < -0.3 is 43.0 Å². The number of aromatic nitrogens is 8. The molecule has 0 bridgehead atoms. The monoisotopic (exact) mass is 1220 g/mol. The van der Waals surface area contributed by atoms with Crippen molar-refractivity contribution < 1.29 is 69.3 Å². The predicted octanol–water partition coefficient (Wildman–Crippen LogP) is 8.21. The van der Waals surface area contributed by atoms with Crippen LogP contribution in [-0.4, -0.2) is 108 Å². The second-order valence-corrected chi connectivity index (χ2v) is 19.9. The Bertz CT molecular complexity index is 3890. The number of halogens is 8. The van der Waals surface area contributed by atoms with Crippen LogP contribution in [0.25, 0.3) is 33.5 Å². The van der Waals surface area contributed by atoms with Crippen LogP contribution in [0.4, 0.5) is 26.3 Å². The number of aryl methyl sites for hydroxylation is 2. The topological polar surface area (TPSA) is 218 Å². The number of hydrogen-bond donors (Lipinski definition) is 1. The standard InChI is InChI=1S/C55H54Cl2F6N8O13/c1-66-46-44(48(73)68(19-21-72)52(66)75)71(51(65-46)82-25-6-23-77-36-8-5-9-38(29-36)83-54(58,59)60)32-34-13-18-41(57)40(28-34)39-17-16-37(30-42(39)84-55(61,62)63)78-24-7-26-81-50-64-47-45(70(50)31-33-11-14-35(56)15-12-33)49(74)69(53(76)67(47)2)20-27-80-43-10-3-4-22-79-43/h5,8-9,11-18,28-30,43,72H,3-4,6-7,10,19-27,31-32H2,1-2H3. The highest BCUT2D eigenvalue weighted by molar-refractivity contribution is 6.33. The molecule has 0 radical (unpaired) electrons. The van der Waals surface area contributed by atoms with Crippen molar-refractivity contribution in [3.63, 3.8) is 0 Å². The normalized spacial score (nSPS) is 13.9. The first-order valence-corrected chi connectivity index (χ1v) is 27.0. The van der Waals surface area contributed by atoms with Gasteiger partial charge in [0, 0.05) is 66.8 Å². The van der Waals surface area contributed by atoms with Gasteiger partial charge in [0.2, 0.25) is 0 Å². The lowest BCUT2D eigenvalue weighted by Gasteiger charge is -2.22. The van der Waals surface area contributed by atoms with Gasteiger partial charge in [-0.1, -0.05) is 47.5 Å². The van der Waals surface area contributed by atoms with E-state index in [2.05, 4.69) is 19.4 Å². The van der Waals surface area contributed by atoms with Gasteiger partial charge in [-0.3, -0.25) is 37.0 Å². The molecule has 0 amide bonds. The van der Waals surface area contributed by atoms with Crippen LogP contribution in [0.15, 0.2) is 104 Å². The lowest BCUT2D eigenvalue weighted by Crippen LogP contribution is -2.41. The molecule has 8 aromatic rings. The summed E-state index contributed by atoms with van der Waals surface area (Å²) in [5, 5.41) is 10.2. The van der Waals surface area contributed by atoms with Gasteiger partial charge in [-0.25, -0.2) is 9.59 Å². The van der Waals surface area contributed by atoms with Gasteiger partial charge in [-0.15, -0.1) is 26.3 Å². The molecule has 1 aliphatic heterocycles. The number of ether oxygens (including phenoxy) is 8. The number of aliphatic hydroxyl groups is 1. The molecular formula is C55H54Cl2F6N8O13. The highest BCUT2D eigenvalue weighted by Crippen LogP contribution is 2.41. The zero-order valence-electron chi connectivity index (χ0n) is 44.9. The molecule has 0 saturated carbocycles. The smallest absolute Gasteiger partial charge is 0.493 e. The van der Waals surface area contributed by atoms with Crippen molar-refractivity contribution in [3.8, 4) is 46.1 Å². The van der Waals surface area contributed by atoms with Crippen LogP contribution in [0, 0.1) is 0 Å². The number of aliphatic hydroxyl groups excluding tert-OH is 1. The van der Waals surface area contributed by atoms with Gasteiger partial charge in [-0.05, 0) is 78.9 Å². The van der Waals surface area contributed by atoms with Crippen LogP contribution >= 0.6 is 23.2 Å². The Morgan fingerprint density at radius 1 is 0.607 bits per heavy atom. The van der Waals surface area contributed by atoms with Crippen LogP contribution in [0.1, 0.15) is 43.2 Å². The summed E-state index contributed by atoms with van der Waals surface area (Å²) in [6.45, 7) is -0.850. The number of imidazole rings is 2. The molecular weight excluding hydrogens is 1170 g/mol. The Morgan fingerprint density at radius 3 is 1.75 bits per heavy atom. The molecule has 21 nitrogen and oxygen atoms in total. The third kappa shape index (κ3) is 14.5. The van der Waals surface area contributed by atoms with Gasteiger partial charge in [0.25, 0.3) is 23.1 Å². The summed E-state index contributed by atoms with van der Waals surface area (Å²) in [7, 11) is 2.84. The van der Waals surface area contributed by atoms with E-state index in [1.807, 2.05) is 0 Å². The Hall–Kier alpha value is -7.98. The fraction of sp³-hybridized carbons (Fsp3) is 0.382. The summed E-state index contributed by atoms with van der Waals surface area (Å²) >= 11 is 12.9. The van der Waals surface area contributed by atoms with E-state index < -0.39 is 59.6 Å². The molecule has 1 atom stereocenters. The van der Waals surface area contributed by atoms with E-state index in [0.29, 0.717) is 23.6 Å². The Kier molecular flexibility index (Phi) is 19.0. The molecule has 448 valence electrons. The van der Waals surface area contributed by atoms with E-state index in [1.54, 1.807) is 34.9 Å². The third-order valence-corrected chi connectivity index (χ3v) is 13.8. The zero-order chi connectivity index (χ0) is 59.9. The lowest BCUT2D eigenvalue weighted by molar-refractivity contribution is -0.275. The lowest BCUT2D eigenvalue weighted by atomic mass is 10.0. The first-order valence-electron chi connectivity index (χ1n) is 26.2. The number of rotatable bonds is 25. The quantitative estimate of drug-likeness (QED) is 0.0421. The largest absolute Gasteiger partial charge is 0.573 e. The molecule has 1 N–H and O–H groups in total. The van der Waals surface area contributed by atoms with E-state index in [0.717, 1.165) is 50.3 Å². The van der Waals surface area contributed by atoms with E-state index in [-0.39, 0.29) is 134 Å². The van der Waals surface area contributed by atoms with Crippen molar-refractivity contribution in [3.05, 3.63) is 148 Å². The summed E-state index contributed by atoms with van der Waals surface area (Å²) < 4.78 is 131. The summed E-state index contributed by atoms with van der Waals surface area (Å²) in [5.41, 5.74) is -1.88.